The predicted octanol–water partition coefficient (Wildman–Crippen LogP) is 3.22. The molecule has 3 aromatic rings. The van der Waals surface area contributed by atoms with Crippen LogP contribution in [-0.2, 0) is 13.6 Å². The van der Waals surface area contributed by atoms with Crippen molar-refractivity contribution in [3.63, 3.8) is 0 Å². The first kappa shape index (κ1) is 18.6. The van der Waals surface area contributed by atoms with Crippen LogP contribution in [-0.4, -0.2) is 34.8 Å². The largest absolute Gasteiger partial charge is 0.373 e. The molecule has 0 amide bonds. The van der Waals surface area contributed by atoms with E-state index >= 15 is 0 Å². The minimum absolute atomic E-state index is 0.0818. The molecule has 0 atom stereocenters. The summed E-state index contributed by atoms with van der Waals surface area (Å²) < 4.78 is 1.77. The molecule has 0 saturated carbocycles. The summed E-state index contributed by atoms with van der Waals surface area (Å²) in [5, 5.41) is 18.8. The van der Waals surface area contributed by atoms with Gasteiger partial charge in [0, 0.05) is 68.9 Å². The molecule has 0 aliphatic carbocycles. The summed E-state index contributed by atoms with van der Waals surface area (Å²) in [6.07, 6.45) is 1.98. The molecule has 0 spiro atoms. The van der Waals surface area contributed by atoms with Gasteiger partial charge in [-0.2, -0.15) is 5.10 Å². The van der Waals surface area contributed by atoms with Crippen molar-refractivity contribution >= 4 is 11.4 Å². The fourth-order valence-electron chi connectivity index (χ4n) is 2.93. The summed E-state index contributed by atoms with van der Waals surface area (Å²) in [5.74, 6) is 0. The van der Waals surface area contributed by atoms with Crippen molar-refractivity contribution in [3.8, 4) is 11.3 Å². The number of aromatic nitrogens is 2. The highest BCUT2D eigenvalue weighted by molar-refractivity contribution is 5.64. The number of nitro groups is 1. The first-order valence-electron chi connectivity index (χ1n) is 8.79. The number of nitro benzene ring substituents is 1. The third kappa shape index (κ3) is 4.71. The van der Waals surface area contributed by atoms with Crippen LogP contribution in [0.5, 0.6) is 0 Å². The molecule has 0 radical (unpaired) electrons. The summed E-state index contributed by atoms with van der Waals surface area (Å²) in [4.78, 5) is 12.6. The third-order valence-corrected chi connectivity index (χ3v) is 4.39. The zero-order chi connectivity index (χ0) is 19.2. The molecular weight excluding hydrogens is 342 g/mol. The second-order valence-electron chi connectivity index (χ2n) is 6.41. The average molecular weight is 365 g/mol. The fourth-order valence-corrected chi connectivity index (χ4v) is 2.93. The first-order valence-corrected chi connectivity index (χ1v) is 8.79. The Bertz CT molecular complexity index is 890. The SMILES string of the molecule is CN(CCNCc1cn(C)nc1-c1ccc([N+](=O)[O-])cc1)c1ccccc1. The standard InChI is InChI=1S/C20H23N5O2/c1-23(18-6-4-3-5-7-18)13-12-21-14-17-15-24(2)22-20(17)16-8-10-19(11-9-16)25(26)27/h3-11,15,21H,12-14H2,1-2H3. The van der Waals surface area contributed by atoms with Crippen LogP contribution >= 0.6 is 0 Å². The van der Waals surface area contributed by atoms with Gasteiger partial charge in [0.2, 0.25) is 0 Å². The third-order valence-electron chi connectivity index (χ3n) is 4.39. The lowest BCUT2D eigenvalue weighted by Gasteiger charge is -2.19. The highest BCUT2D eigenvalue weighted by Crippen LogP contribution is 2.24. The lowest BCUT2D eigenvalue weighted by Crippen LogP contribution is -2.28. The van der Waals surface area contributed by atoms with Gasteiger partial charge in [-0.3, -0.25) is 14.8 Å². The molecule has 0 aliphatic rings. The van der Waals surface area contributed by atoms with E-state index < -0.39 is 4.92 Å². The zero-order valence-corrected chi connectivity index (χ0v) is 15.5. The molecule has 7 heteroatoms. The molecule has 7 nitrogen and oxygen atoms in total. The molecule has 1 N–H and O–H groups in total. The summed E-state index contributed by atoms with van der Waals surface area (Å²) in [6.45, 7) is 2.40. The minimum atomic E-state index is -0.395. The van der Waals surface area contributed by atoms with Crippen LogP contribution in [0.25, 0.3) is 11.3 Å². The number of likely N-dealkylation sites (N-methyl/N-ethyl adjacent to an activating group) is 1. The highest BCUT2D eigenvalue weighted by Gasteiger charge is 2.12. The number of hydrogen-bond donors (Lipinski definition) is 1. The van der Waals surface area contributed by atoms with Crippen LogP contribution in [0, 0.1) is 10.1 Å². The Labute approximate surface area is 158 Å². The molecule has 0 unspecified atom stereocenters. The lowest BCUT2D eigenvalue weighted by molar-refractivity contribution is -0.384. The molecule has 0 aliphatic heterocycles. The summed E-state index contributed by atoms with van der Waals surface area (Å²) in [6, 6.07) is 16.8. The van der Waals surface area contributed by atoms with Crippen molar-refractivity contribution in [2.75, 3.05) is 25.0 Å². The van der Waals surface area contributed by atoms with E-state index in [1.54, 1.807) is 16.8 Å². The monoisotopic (exact) mass is 365 g/mol. The van der Waals surface area contributed by atoms with E-state index in [2.05, 4.69) is 34.5 Å². The number of rotatable bonds is 8. The summed E-state index contributed by atoms with van der Waals surface area (Å²) >= 11 is 0. The molecule has 0 fully saturated rings. The van der Waals surface area contributed by atoms with Gasteiger partial charge < -0.3 is 10.2 Å². The first-order chi connectivity index (χ1) is 13.0. The van der Waals surface area contributed by atoms with Crippen molar-refractivity contribution in [3.05, 3.63) is 76.5 Å². The van der Waals surface area contributed by atoms with Gasteiger partial charge in [-0.25, -0.2) is 0 Å². The molecule has 3 rings (SSSR count). The quantitative estimate of drug-likeness (QED) is 0.377. The smallest absolute Gasteiger partial charge is 0.269 e. The normalized spacial score (nSPS) is 10.7. The Morgan fingerprint density at radius 2 is 1.85 bits per heavy atom. The van der Waals surface area contributed by atoms with Crippen LogP contribution in [0.15, 0.2) is 60.8 Å². The number of nitrogens with zero attached hydrogens (tertiary/aromatic N) is 4. The topological polar surface area (TPSA) is 76.2 Å². The van der Waals surface area contributed by atoms with E-state index in [0.717, 1.165) is 29.9 Å². The van der Waals surface area contributed by atoms with Crippen molar-refractivity contribution in [1.29, 1.82) is 0 Å². The Kier molecular flexibility index (Phi) is 5.83. The summed E-state index contributed by atoms with van der Waals surface area (Å²) in [7, 11) is 3.95. The number of para-hydroxylation sites is 1. The van der Waals surface area contributed by atoms with Gasteiger partial charge >= 0.3 is 0 Å². The Morgan fingerprint density at radius 1 is 1.15 bits per heavy atom. The van der Waals surface area contributed by atoms with E-state index in [1.807, 2.05) is 31.4 Å². The Balaban J connectivity index is 1.60. The van der Waals surface area contributed by atoms with E-state index in [1.165, 1.54) is 17.8 Å². The number of aryl methyl sites for hydroxylation is 1. The molecule has 2 aromatic carbocycles. The van der Waals surface area contributed by atoms with Crippen LogP contribution in [0.3, 0.4) is 0 Å². The fraction of sp³-hybridized carbons (Fsp3) is 0.250. The van der Waals surface area contributed by atoms with E-state index in [9.17, 15) is 10.1 Å². The average Bonchev–Trinajstić information content (AvgIpc) is 3.06. The molecule has 0 bridgehead atoms. The van der Waals surface area contributed by atoms with Gasteiger partial charge in [0.1, 0.15) is 0 Å². The number of hydrogen-bond acceptors (Lipinski definition) is 5. The highest BCUT2D eigenvalue weighted by atomic mass is 16.6. The number of non-ortho nitro benzene ring substituents is 1. The van der Waals surface area contributed by atoms with Crippen LogP contribution in [0.2, 0.25) is 0 Å². The predicted molar refractivity (Wildman–Crippen MR) is 107 cm³/mol. The van der Waals surface area contributed by atoms with Crippen LogP contribution in [0.1, 0.15) is 5.56 Å². The van der Waals surface area contributed by atoms with Crippen LogP contribution < -0.4 is 10.2 Å². The molecule has 140 valence electrons. The Hall–Kier alpha value is -3.19. The van der Waals surface area contributed by atoms with Gasteiger partial charge in [0.15, 0.2) is 0 Å². The molecular formula is C20H23N5O2. The zero-order valence-electron chi connectivity index (χ0n) is 15.5. The minimum Gasteiger partial charge on any atom is -0.373 e. The second-order valence-corrected chi connectivity index (χ2v) is 6.41. The second kappa shape index (κ2) is 8.46. The van der Waals surface area contributed by atoms with Gasteiger partial charge in [-0.15, -0.1) is 0 Å². The van der Waals surface area contributed by atoms with Gasteiger partial charge in [-0.1, -0.05) is 18.2 Å². The number of nitrogens with one attached hydrogen (secondary N) is 1. The van der Waals surface area contributed by atoms with Crippen molar-refractivity contribution in [2.24, 2.45) is 7.05 Å². The maximum absolute atomic E-state index is 10.8. The molecule has 0 saturated heterocycles. The maximum Gasteiger partial charge on any atom is 0.269 e. The van der Waals surface area contributed by atoms with E-state index in [0.29, 0.717) is 6.54 Å². The van der Waals surface area contributed by atoms with Crippen molar-refractivity contribution in [2.45, 2.75) is 6.54 Å². The maximum atomic E-state index is 10.8. The Morgan fingerprint density at radius 3 is 2.52 bits per heavy atom. The van der Waals surface area contributed by atoms with E-state index in [4.69, 9.17) is 0 Å². The van der Waals surface area contributed by atoms with Crippen molar-refractivity contribution in [1.82, 2.24) is 15.1 Å². The molecule has 1 heterocycles. The molecule has 1 aromatic heterocycles. The van der Waals surface area contributed by atoms with Gasteiger partial charge in [-0.05, 0) is 24.3 Å². The van der Waals surface area contributed by atoms with Gasteiger partial charge in [0.05, 0.1) is 10.6 Å². The number of benzene rings is 2. The number of anilines is 1. The lowest BCUT2D eigenvalue weighted by atomic mass is 10.1. The molecule has 27 heavy (non-hydrogen) atoms. The van der Waals surface area contributed by atoms with Crippen molar-refractivity contribution < 1.29 is 4.92 Å². The summed E-state index contributed by atoms with van der Waals surface area (Å²) in [5.41, 5.74) is 4.05. The van der Waals surface area contributed by atoms with E-state index in [-0.39, 0.29) is 5.69 Å². The van der Waals surface area contributed by atoms with Gasteiger partial charge in [0.25, 0.3) is 5.69 Å². The van der Waals surface area contributed by atoms with Crippen LogP contribution in [0.4, 0.5) is 11.4 Å².